The summed E-state index contributed by atoms with van der Waals surface area (Å²) in [5.41, 5.74) is 2.02. The number of hydrogen-bond acceptors (Lipinski definition) is 2. The largest absolute Gasteiger partial charge is 0.385 e. The van der Waals surface area contributed by atoms with E-state index in [0.29, 0.717) is 16.9 Å². The molecule has 0 aliphatic rings. The fourth-order valence-corrected chi connectivity index (χ4v) is 1.76. The smallest absolute Gasteiger partial charge is 0.100 e. The van der Waals surface area contributed by atoms with Crippen LogP contribution in [0.1, 0.15) is 33.3 Å². The molecule has 0 aliphatic carbocycles. The average Bonchev–Trinajstić information content (AvgIpc) is 2.24. The average molecular weight is 295 g/mol. The van der Waals surface area contributed by atoms with Crippen molar-refractivity contribution < 1.29 is 0 Å². The number of nitrogens with one attached hydrogen (secondary N) is 1. The zero-order valence-corrected chi connectivity index (χ0v) is 12.4. The van der Waals surface area contributed by atoms with Crippen molar-refractivity contribution >= 4 is 21.6 Å². The second kappa shape index (κ2) is 5.55. The van der Waals surface area contributed by atoms with E-state index in [1.54, 1.807) is 0 Å². The second-order valence-corrected chi connectivity index (χ2v) is 6.31. The molecule has 0 saturated carbocycles. The van der Waals surface area contributed by atoms with E-state index in [1.807, 2.05) is 18.2 Å². The Labute approximate surface area is 112 Å². The van der Waals surface area contributed by atoms with Gasteiger partial charge in [-0.1, -0.05) is 27.7 Å². The molecule has 92 valence electrons. The Bertz CT molecular complexity index is 427. The minimum Gasteiger partial charge on any atom is -0.385 e. The first-order valence-corrected chi connectivity index (χ1v) is 6.57. The summed E-state index contributed by atoms with van der Waals surface area (Å²) < 4.78 is 0.841. The molecule has 0 aromatic heterocycles. The topological polar surface area (TPSA) is 35.8 Å². The highest BCUT2D eigenvalue weighted by Gasteiger charge is 2.19. The molecule has 0 aliphatic heterocycles. The molecule has 17 heavy (non-hydrogen) atoms. The van der Waals surface area contributed by atoms with Crippen LogP contribution in [-0.2, 0) is 0 Å². The van der Waals surface area contributed by atoms with Gasteiger partial charge in [-0.05, 0) is 45.5 Å². The lowest BCUT2D eigenvalue weighted by atomic mass is 9.82. The van der Waals surface area contributed by atoms with Crippen molar-refractivity contribution in [2.24, 2.45) is 11.3 Å². The van der Waals surface area contributed by atoms with Crippen molar-refractivity contribution in [3.8, 4) is 6.07 Å². The Kier molecular flexibility index (Phi) is 4.59. The Morgan fingerprint density at radius 1 is 1.41 bits per heavy atom. The summed E-state index contributed by atoms with van der Waals surface area (Å²) in [5.74, 6) is 0.580. The molecule has 0 spiro atoms. The van der Waals surface area contributed by atoms with Gasteiger partial charge in [0, 0.05) is 16.7 Å². The molecule has 0 radical (unpaired) electrons. The van der Waals surface area contributed by atoms with Crippen molar-refractivity contribution in [1.29, 1.82) is 5.26 Å². The molecule has 0 heterocycles. The molecule has 3 heteroatoms. The summed E-state index contributed by atoms with van der Waals surface area (Å²) in [5, 5.41) is 12.2. The van der Waals surface area contributed by atoms with E-state index in [0.717, 1.165) is 16.7 Å². The summed E-state index contributed by atoms with van der Waals surface area (Å²) in [6, 6.07) is 7.86. The molecule has 1 aromatic carbocycles. The first-order valence-electron chi connectivity index (χ1n) is 5.78. The number of nitrogens with zero attached hydrogens (tertiary/aromatic N) is 1. The van der Waals surface area contributed by atoms with E-state index < -0.39 is 0 Å². The Hall–Kier alpha value is -1.01. The van der Waals surface area contributed by atoms with E-state index >= 15 is 0 Å². The molecule has 1 unspecified atom stereocenters. The van der Waals surface area contributed by atoms with Crippen LogP contribution in [0, 0.1) is 22.7 Å². The number of nitriles is 1. The molecule has 0 amide bonds. The van der Waals surface area contributed by atoms with Gasteiger partial charge in [0.15, 0.2) is 0 Å². The lowest BCUT2D eigenvalue weighted by molar-refractivity contribution is 0.274. The van der Waals surface area contributed by atoms with Crippen LogP contribution in [0.15, 0.2) is 22.7 Å². The maximum atomic E-state index is 8.83. The zero-order valence-electron chi connectivity index (χ0n) is 10.8. The van der Waals surface area contributed by atoms with Gasteiger partial charge in [-0.3, -0.25) is 0 Å². The Balaban J connectivity index is 2.66. The van der Waals surface area contributed by atoms with E-state index in [-0.39, 0.29) is 0 Å². The van der Waals surface area contributed by atoms with Crippen LogP contribution >= 0.6 is 15.9 Å². The molecule has 1 aromatic rings. The van der Waals surface area contributed by atoms with Gasteiger partial charge in [0.1, 0.15) is 6.07 Å². The van der Waals surface area contributed by atoms with Gasteiger partial charge < -0.3 is 5.32 Å². The highest BCUT2D eigenvalue weighted by atomic mass is 79.9. The first kappa shape index (κ1) is 14.1. The quantitative estimate of drug-likeness (QED) is 0.896. The SMILES string of the molecule is CC(CNc1ccc(C#N)c(Br)c1)C(C)(C)C. The summed E-state index contributed by atoms with van der Waals surface area (Å²) in [6.45, 7) is 9.91. The van der Waals surface area contributed by atoms with Crippen molar-refractivity contribution in [1.82, 2.24) is 0 Å². The van der Waals surface area contributed by atoms with Crippen LogP contribution in [0.3, 0.4) is 0 Å². The number of hydrogen-bond donors (Lipinski definition) is 1. The van der Waals surface area contributed by atoms with E-state index in [9.17, 15) is 0 Å². The van der Waals surface area contributed by atoms with Crippen LogP contribution < -0.4 is 5.32 Å². The summed E-state index contributed by atoms with van der Waals surface area (Å²) in [6.07, 6.45) is 0. The normalized spacial score (nSPS) is 12.9. The third-order valence-corrected chi connectivity index (χ3v) is 3.84. The minimum atomic E-state index is 0.302. The van der Waals surface area contributed by atoms with Crippen LogP contribution in [0.2, 0.25) is 0 Å². The van der Waals surface area contributed by atoms with Crippen molar-refractivity contribution in [3.05, 3.63) is 28.2 Å². The summed E-state index contributed by atoms with van der Waals surface area (Å²) >= 11 is 3.39. The summed E-state index contributed by atoms with van der Waals surface area (Å²) in [4.78, 5) is 0. The van der Waals surface area contributed by atoms with Crippen LogP contribution in [0.25, 0.3) is 0 Å². The number of halogens is 1. The van der Waals surface area contributed by atoms with Gasteiger partial charge in [0.05, 0.1) is 5.56 Å². The van der Waals surface area contributed by atoms with Gasteiger partial charge in [-0.25, -0.2) is 0 Å². The minimum absolute atomic E-state index is 0.302. The number of rotatable bonds is 3. The molecule has 1 atom stereocenters. The maximum Gasteiger partial charge on any atom is 0.100 e. The molecular weight excluding hydrogens is 276 g/mol. The lowest BCUT2D eigenvalue weighted by Crippen LogP contribution is -2.24. The van der Waals surface area contributed by atoms with Crippen LogP contribution in [0.4, 0.5) is 5.69 Å². The highest BCUT2D eigenvalue weighted by Crippen LogP contribution is 2.26. The van der Waals surface area contributed by atoms with Crippen LogP contribution in [0.5, 0.6) is 0 Å². The molecule has 0 bridgehead atoms. The molecule has 1 rings (SSSR count). The highest BCUT2D eigenvalue weighted by molar-refractivity contribution is 9.10. The van der Waals surface area contributed by atoms with Gasteiger partial charge in [0.2, 0.25) is 0 Å². The zero-order chi connectivity index (χ0) is 13.1. The van der Waals surface area contributed by atoms with Crippen molar-refractivity contribution in [3.63, 3.8) is 0 Å². The van der Waals surface area contributed by atoms with Gasteiger partial charge >= 0.3 is 0 Å². The number of benzene rings is 1. The van der Waals surface area contributed by atoms with E-state index in [1.165, 1.54) is 0 Å². The fraction of sp³-hybridized carbons (Fsp3) is 0.500. The lowest BCUT2D eigenvalue weighted by Gasteiger charge is -2.27. The monoisotopic (exact) mass is 294 g/mol. The second-order valence-electron chi connectivity index (χ2n) is 5.45. The van der Waals surface area contributed by atoms with Crippen molar-refractivity contribution in [2.75, 3.05) is 11.9 Å². The van der Waals surface area contributed by atoms with Gasteiger partial charge in [-0.15, -0.1) is 0 Å². The predicted octanol–water partition coefficient (Wildman–Crippen LogP) is 4.41. The first-order chi connectivity index (χ1) is 7.84. The van der Waals surface area contributed by atoms with Gasteiger partial charge in [-0.2, -0.15) is 5.26 Å². The molecule has 1 N–H and O–H groups in total. The predicted molar refractivity (Wildman–Crippen MR) is 76.0 cm³/mol. The standard InChI is InChI=1S/C14H19BrN2/c1-10(14(2,3)4)9-17-12-6-5-11(8-16)13(15)7-12/h5-7,10,17H,9H2,1-4H3. The summed E-state index contributed by atoms with van der Waals surface area (Å²) in [7, 11) is 0. The third-order valence-electron chi connectivity index (χ3n) is 3.18. The Morgan fingerprint density at radius 3 is 2.53 bits per heavy atom. The molecular formula is C14H19BrN2. The van der Waals surface area contributed by atoms with E-state index in [4.69, 9.17) is 5.26 Å². The fourth-order valence-electron chi connectivity index (χ4n) is 1.29. The molecule has 0 fully saturated rings. The Morgan fingerprint density at radius 2 is 2.06 bits per heavy atom. The molecule has 2 nitrogen and oxygen atoms in total. The number of anilines is 1. The third kappa shape index (κ3) is 4.05. The van der Waals surface area contributed by atoms with Crippen molar-refractivity contribution in [2.45, 2.75) is 27.7 Å². The maximum absolute atomic E-state index is 8.83. The van der Waals surface area contributed by atoms with Gasteiger partial charge in [0.25, 0.3) is 0 Å². The van der Waals surface area contributed by atoms with E-state index in [2.05, 4.69) is 55.0 Å². The van der Waals surface area contributed by atoms with Crippen LogP contribution in [-0.4, -0.2) is 6.54 Å². The molecule has 0 saturated heterocycles.